The zero-order chi connectivity index (χ0) is 14.4. The number of aromatic nitrogens is 2. The van der Waals surface area contributed by atoms with Crippen molar-refractivity contribution in [3.05, 3.63) is 54.9 Å². The van der Waals surface area contributed by atoms with Crippen LogP contribution in [0.1, 0.15) is 25.5 Å². The Labute approximate surface area is 125 Å². The normalized spacial score (nSPS) is 12.1. The molecule has 1 unspecified atom stereocenters. The van der Waals surface area contributed by atoms with Crippen LogP contribution in [-0.2, 0) is 6.54 Å². The molecule has 0 amide bonds. The van der Waals surface area contributed by atoms with Crippen LogP contribution >= 0.6 is 11.8 Å². The summed E-state index contributed by atoms with van der Waals surface area (Å²) in [5.74, 6) is 0.918. The molecule has 0 spiro atoms. The number of hydrogen-bond donors (Lipinski definition) is 1. The van der Waals surface area contributed by atoms with Crippen LogP contribution in [0.2, 0.25) is 0 Å². The first-order valence-electron chi connectivity index (χ1n) is 6.86. The minimum absolute atomic E-state index is 0.237. The largest absolute Gasteiger partial charge is 0.377 e. The molecule has 20 heavy (non-hydrogen) atoms. The summed E-state index contributed by atoms with van der Waals surface area (Å²) in [6.45, 7) is 8.93. The fraction of sp³-hybridized carbons (Fsp3) is 0.312. The Balaban J connectivity index is 2.10. The number of hydrogen-bond acceptors (Lipinski definition) is 3. The lowest BCUT2D eigenvalue weighted by atomic mass is 10.2. The molecular weight excluding hydrogens is 266 g/mol. The maximum atomic E-state index is 4.33. The third-order valence-corrected chi connectivity index (χ3v) is 4.16. The smallest absolute Gasteiger partial charge is 0.0542 e. The Hall–Kier alpha value is -1.68. The third kappa shape index (κ3) is 3.67. The van der Waals surface area contributed by atoms with Gasteiger partial charge in [-0.3, -0.25) is 4.68 Å². The highest BCUT2D eigenvalue weighted by atomic mass is 32.2. The maximum Gasteiger partial charge on any atom is 0.0542 e. The van der Waals surface area contributed by atoms with Gasteiger partial charge >= 0.3 is 0 Å². The second kappa shape index (κ2) is 7.20. The van der Waals surface area contributed by atoms with E-state index < -0.39 is 0 Å². The predicted octanol–water partition coefficient (Wildman–Crippen LogP) is 4.35. The molecule has 0 fully saturated rings. The Morgan fingerprint density at radius 2 is 2.25 bits per heavy atom. The zero-order valence-corrected chi connectivity index (χ0v) is 12.9. The number of para-hydroxylation sites is 1. The van der Waals surface area contributed by atoms with Crippen molar-refractivity contribution in [1.29, 1.82) is 0 Å². The van der Waals surface area contributed by atoms with Crippen molar-refractivity contribution < 1.29 is 0 Å². The standard InChI is InChI=1S/C16H21N3S/c1-4-10-20-16-9-7-6-8-15(16)18-13(3)14-11-17-19(5-2)12-14/h4,6-9,11-13,18H,1,5,10H2,2-3H3. The van der Waals surface area contributed by atoms with E-state index in [1.807, 2.05) is 17.0 Å². The molecule has 0 bridgehead atoms. The monoisotopic (exact) mass is 287 g/mol. The first kappa shape index (κ1) is 14.7. The molecule has 0 radical (unpaired) electrons. The third-order valence-electron chi connectivity index (χ3n) is 3.09. The van der Waals surface area contributed by atoms with Gasteiger partial charge in [-0.1, -0.05) is 18.2 Å². The van der Waals surface area contributed by atoms with E-state index in [0.29, 0.717) is 0 Å². The number of aryl methyl sites for hydroxylation is 1. The minimum Gasteiger partial charge on any atom is -0.377 e. The highest BCUT2D eigenvalue weighted by Gasteiger charge is 2.10. The second-order valence-electron chi connectivity index (χ2n) is 4.59. The van der Waals surface area contributed by atoms with Crippen LogP contribution in [0.5, 0.6) is 0 Å². The Bertz CT molecular complexity index is 562. The van der Waals surface area contributed by atoms with E-state index >= 15 is 0 Å². The average Bonchev–Trinajstić information content (AvgIpc) is 2.95. The van der Waals surface area contributed by atoms with Gasteiger partial charge in [0, 0.05) is 34.6 Å². The van der Waals surface area contributed by atoms with Gasteiger partial charge in [0.1, 0.15) is 0 Å². The Morgan fingerprint density at radius 3 is 2.95 bits per heavy atom. The molecule has 0 aliphatic carbocycles. The molecule has 3 nitrogen and oxygen atoms in total. The maximum absolute atomic E-state index is 4.33. The molecule has 1 aromatic carbocycles. The Kier molecular flexibility index (Phi) is 5.30. The molecular formula is C16H21N3S. The van der Waals surface area contributed by atoms with Gasteiger partial charge in [0.25, 0.3) is 0 Å². The highest BCUT2D eigenvalue weighted by molar-refractivity contribution is 7.99. The number of thioether (sulfide) groups is 1. The van der Waals surface area contributed by atoms with Crippen molar-refractivity contribution in [3.8, 4) is 0 Å². The Morgan fingerprint density at radius 1 is 1.45 bits per heavy atom. The van der Waals surface area contributed by atoms with E-state index in [1.165, 1.54) is 10.5 Å². The first-order valence-corrected chi connectivity index (χ1v) is 7.84. The van der Waals surface area contributed by atoms with E-state index in [2.05, 4.69) is 61.3 Å². The van der Waals surface area contributed by atoms with Gasteiger partial charge in [0.05, 0.1) is 12.2 Å². The van der Waals surface area contributed by atoms with E-state index in [-0.39, 0.29) is 6.04 Å². The van der Waals surface area contributed by atoms with Crippen LogP contribution in [-0.4, -0.2) is 15.5 Å². The summed E-state index contributed by atoms with van der Waals surface area (Å²) in [4.78, 5) is 1.25. The van der Waals surface area contributed by atoms with Gasteiger partial charge in [-0.2, -0.15) is 5.10 Å². The second-order valence-corrected chi connectivity index (χ2v) is 5.65. The summed E-state index contributed by atoms with van der Waals surface area (Å²) in [5, 5.41) is 7.89. The number of nitrogens with zero attached hydrogens (tertiary/aromatic N) is 2. The molecule has 4 heteroatoms. The van der Waals surface area contributed by atoms with Crippen molar-refractivity contribution in [1.82, 2.24) is 9.78 Å². The molecule has 106 valence electrons. The van der Waals surface area contributed by atoms with Gasteiger partial charge in [-0.15, -0.1) is 18.3 Å². The van der Waals surface area contributed by atoms with Crippen LogP contribution in [0.3, 0.4) is 0 Å². The summed E-state index contributed by atoms with van der Waals surface area (Å²) >= 11 is 1.79. The van der Waals surface area contributed by atoms with Gasteiger partial charge in [-0.25, -0.2) is 0 Å². The molecule has 0 aliphatic rings. The molecule has 1 N–H and O–H groups in total. The summed E-state index contributed by atoms with van der Waals surface area (Å²) in [6.07, 6.45) is 5.95. The van der Waals surface area contributed by atoms with Gasteiger partial charge < -0.3 is 5.32 Å². The van der Waals surface area contributed by atoms with Crippen molar-refractivity contribution >= 4 is 17.4 Å². The predicted molar refractivity (Wildman–Crippen MR) is 87.3 cm³/mol. The molecule has 1 aromatic heterocycles. The number of anilines is 1. The van der Waals surface area contributed by atoms with E-state index in [4.69, 9.17) is 0 Å². The molecule has 1 atom stereocenters. The van der Waals surface area contributed by atoms with Gasteiger partial charge in [0.15, 0.2) is 0 Å². The molecule has 0 aliphatic heterocycles. The molecule has 1 heterocycles. The van der Waals surface area contributed by atoms with Crippen LogP contribution < -0.4 is 5.32 Å². The molecule has 2 aromatic rings. The number of benzene rings is 1. The van der Waals surface area contributed by atoms with Crippen molar-refractivity contribution in [3.63, 3.8) is 0 Å². The van der Waals surface area contributed by atoms with Crippen molar-refractivity contribution in [2.24, 2.45) is 0 Å². The van der Waals surface area contributed by atoms with Gasteiger partial charge in [0.2, 0.25) is 0 Å². The van der Waals surface area contributed by atoms with E-state index in [1.54, 1.807) is 11.8 Å². The SMILES string of the molecule is C=CCSc1ccccc1NC(C)c1cnn(CC)c1. The highest BCUT2D eigenvalue weighted by Crippen LogP contribution is 2.29. The van der Waals surface area contributed by atoms with Crippen LogP contribution in [0, 0.1) is 0 Å². The fourth-order valence-corrected chi connectivity index (χ4v) is 2.71. The summed E-state index contributed by atoms with van der Waals surface area (Å²) < 4.78 is 1.95. The van der Waals surface area contributed by atoms with E-state index in [9.17, 15) is 0 Å². The summed E-state index contributed by atoms with van der Waals surface area (Å²) in [6, 6.07) is 8.62. The first-order chi connectivity index (χ1) is 9.74. The van der Waals surface area contributed by atoms with Crippen LogP contribution in [0.15, 0.2) is 54.2 Å². The number of nitrogens with one attached hydrogen (secondary N) is 1. The lowest BCUT2D eigenvalue weighted by molar-refractivity contribution is 0.658. The molecule has 2 rings (SSSR count). The summed E-state index contributed by atoms with van der Waals surface area (Å²) in [7, 11) is 0. The average molecular weight is 287 g/mol. The molecule has 0 saturated heterocycles. The fourth-order valence-electron chi connectivity index (χ4n) is 1.95. The number of rotatable bonds is 7. The minimum atomic E-state index is 0.237. The van der Waals surface area contributed by atoms with E-state index in [0.717, 1.165) is 18.0 Å². The topological polar surface area (TPSA) is 29.9 Å². The summed E-state index contributed by atoms with van der Waals surface area (Å²) in [5.41, 5.74) is 2.37. The quantitative estimate of drug-likeness (QED) is 0.606. The van der Waals surface area contributed by atoms with Crippen LogP contribution in [0.4, 0.5) is 5.69 Å². The lowest BCUT2D eigenvalue weighted by Gasteiger charge is -2.16. The zero-order valence-electron chi connectivity index (χ0n) is 12.0. The lowest BCUT2D eigenvalue weighted by Crippen LogP contribution is -2.06. The molecule has 0 saturated carbocycles. The van der Waals surface area contributed by atoms with Gasteiger partial charge in [-0.05, 0) is 26.0 Å². The van der Waals surface area contributed by atoms with Crippen LogP contribution in [0.25, 0.3) is 0 Å². The van der Waals surface area contributed by atoms with Crippen molar-refractivity contribution in [2.75, 3.05) is 11.1 Å². The van der Waals surface area contributed by atoms with Crippen molar-refractivity contribution in [2.45, 2.75) is 31.3 Å².